The van der Waals surface area contributed by atoms with Gasteiger partial charge >= 0.3 is 0 Å². The van der Waals surface area contributed by atoms with Crippen LogP contribution in [0.4, 0.5) is 0 Å². The SMILES string of the molecule is CNC(c1cncc(C)c1)c1c(C)oc(C)c1C. The predicted octanol–water partition coefficient (Wildman–Crippen LogP) is 3.22. The highest BCUT2D eigenvalue weighted by Gasteiger charge is 2.21. The molecule has 0 aromatic carbocycles. The second kappa shape index (κ2) is 4.94. The maximum absolute atomic E-state index is 5.72. The number of hydrogen-bond acceptors (Lipinski definition) is 3. The zero-order chi connectivity index (χ0) is 13.3. The Morgan fingerprint density at radius 2 is 1.83 bits per heavy atom. The smallest absolute Gasteiger partial charge is 0.106 e. The molecule has 0 spiro atoms. The standard InChI is InChI=1S/C15H20N2O/c1-9-6-13(8-17-7-9)15(16-5)14-10(2)11(3)18-12(14)4/h6-8,15-16H,1-5H3. The third-order valence-corrected chi connectivity index (χ3v) is 3.42. The third kappa shape index (κ3) is 2.18. The highest BCUT2D eigenvalue weighted by atomic mass is 16.3. The monoisotopic (exact) mass is 244 g/mol. The van der Waals surface area contributed by atoms with E-state index in [0.717, 1.165) is 11.5 Å². The summed E-state index contributed by atoms with van der Waals surface area (Å²) in [5.41, 5.74) is 4.78. The molecule has 0 aliphatic carbocycles. The molecule has 0 saturated carbocycles. The Kier molecular flexibility index (Phi) is 3.53. The molecule has 2 rings (SSSR count). The number of nitrogens with zero attached hydrogens (tertiary/aromatic N) is 1. The van der Waals surface area contributed by atoms with E-state index in [1.165, 1.54) is 22.3 Å². The number of nitrogens with one attached hydrogen (secondary N) is 1. The average Bonchev–Trinajstić information content (AvgIpc) is 2.57. The molecule has 2 aromatic heterocycles. The first-order chi connectivity index (χ1) is 8.54. The summed E-state index contributed by atoms with van der Waals surface area (Å²) >= 11 is 0. The van der Waals surface area contributed by atoms with Gasteiger partial charge < -0.3 is 9.73 Å². The van der Waals surface area contributed by atoms with E-state index in [9.17, 15) is 0 Å². The molecule has 0 aliphatic rings. The predicted molar refractivity (Wildman–Crippen MR) is 72.8 cm³/mol. The summed E-state index contributed by atoms with van der Waals surface area (Å²) < 4.78 is 5.72. The molecule has 0 fully saturated rings. The van der Waals surface area contributed by atoms with Gasteiger partial charge in [0.05, 0.1) is 6.04 Å². The minimum atomic E-state index is 0.134. The van der Waals surface area contributed by atoms with Crippen LogP contribution in [0.5, 0.6) is 0 Å². The second-order valence-electron chi connectivity index (χ2n) is 4.77. The summed E-state index contributed by atoms with van der Waals surface area (Å²) in [6, 6.07) is 2.30. The number of aryl methyl sites for hydroxylation is 3. The highest BCUT2D eigenvalue weighted by molar-refractivity contribution is 5.40. The number of pyridine rings is 1. The van der Waals surface area contributed by atoms with Crippen molar-refractivity contribution in [3.8, 4) is 0 Å². The minimum Gasteiger partial charge on any atom is -0.466 e. The fourth-order valence-corrected chi connectivity index (χ4v) is 2.45. The summed E-state index contributed by atoms with van der Waals surface area (Å²) in [5.74, 6) is 1.97. The first kappa shape index (κ1) is 12.8. The summed E-state index contributed by atoms with van der Waals surface area (Å²) in [5, 5.41) is 3.36. The van der Waals surface area contributed by atoms with Crippen LogP contribution in [0.2, 0.25) is 0 Å². The normalized spacial score (nSPS) is 12.7. The lowest BCUT2D eigenvalue weighted by Gasteiger charge is -2.17. The second-order valence-corrected chi connectivity index (χ2v) is 4.77. The topological polar surface area (TPSA) is 38.1 Å². The van der Waals surface area contributed by atoms with Crippen molar-refractivity contribution in [1.82, 2.24) is 10.3 Å². The van der Waals surface area contributed by atoms with Gasteiger partial charge in [-0.3, -0.25) is 4.98 Å². The minimum absolute atomic E-state index is 0.134. The van der Waals surface area contributed by atoms with E-state index in [4.69, 9.17) is 4.42 Å². The lowest BCUT2D eigenvalue weighted by molar-refractivity contribution is 0.495. The molecule has 3 nitrogen and oxygen atoms in total. The van der Waals surface area contributed by atoms with E-state index < -0.39 is 0 Å². The van der Waals surface area contributed by atoms with Crippen LogP contribution in [0, 0.1) is 27.7 Å². The van der Waals surface area contributed by atoms with E-state index in [-0.39, 0.29) is 6.04 Å². The van der Waals surface area contributed by atoms with E-state index >= 15 is 0 Å². The molecular weight excluding hydrogens is 224 g/mol. The molecule has 1 atom stereocenters. The van der Waals surface area contributed by atoms with Gasteiger partial charge in [0.15, 0.2) is 0 Å². The van der Waals surface area contributed by atoms with Gasteiger partial charge in [-0.1, -0.05) is 6.07 Å². The van der Waals surface area contributed by atoms with Crippen molar-refractivity contribution in [3.63, 3.8) is 0 Å². The van der Waals surface area contributed by atoms with Crippen LogP contribution in [0.15, 0.2) is 22.9 Å². The van der Waals surface area contributed by atoms with E-state index in [1.807, 2.05) is 33.3 Å². The van der Waals surface area contributed by atoms with Crippen LogP contribution in [-0.4, -0.2) is 12.0 Å². The number of aromatic nitrogens is 1. The van der Waals surface area contributed by atoms with Crippen molar-refractivity contribution in [1.29, 1.82) is 0 Å². The molecule has 2 heterocycles. The molecule has 18 heavy (non-hydrogen) atoms. The Hall–Kier alpha value is -1.61. The zero-order valence-electron chi connectivity index (χ0n) is 11.7. The number of furan rings is 1. The van der Waals surface area contributed by atoms with E-state index in [0.29, 0.717) is 0 Å². The lowest BCUT2D eigenvalue weighted by atomic mass is 9.96. The maximum Gasteiger partial charge on any atom is 0.106 e. The zero-order valence-corrected chi connectivity index (χ0v) is 11.7. The average molecular weight is 244 g/mol. The molecule has 0 saturated heterocycles. The van der Waals surface area contributed by atoms with Crippen molar-refractivity contribution < 1.29 is 4.42 Å². The van der Waals surface area contributed by atoms with Crippen molar-refractivity contribution in [3.05, 3.63) is 52.2 Å². The van der Waals surface area contributed by atoms with Crippen molar-refractivity contribution >= 4 is 0 Å². The van der Waals surface area contributed by atoms with Crippen LogP contribution >= 0.6 is 0 Å². The molecule has 0 aliphatic heterocycles. The molecule has 2 aromatic rings. The fourth-order valence-electron chi connectivity index (χ4n) is 2.45. The Labute approximate surface area is 108 Å². The van der Waals surface area contributed by atoms with Gasteiger partial charge in [0.25, 0.3) is 0 Å². The molecule has 1 N–H and O–H groups in total. The largest absolute Gasteiger partial charge is 0.466 e. The molecule has 96 valence electrons. The first-order valence-corrected chi connectivity index (χ1v) is 6.20. The van der Waals surface area contributed by atoms with Gasteiger partial charge in [-0.2, -0.15) is 0 Å². The number of hydrogen-bond donors (Lipinski definition) is 1. The van der Waals surface area contributed by atoms with Crippen LogP contribution < -0.4 is 5.32 Å². The van der Waals surface area contributed by atoms with Gasteiger partial charge in [-0.15, -0.1) is 0 Å². The van der Waals surface area contributed by atoms with E-state index in [2.05, 4.69) is 30.2 Å². The van der Waals surface area contributed by atoms with Gasteiger partial charge in [0.2, 0.25) is 0 Å². The van der Waals surface area contributed by atoms with Crippen LogP contribution in [0.1, 0.15) is 39.8 Å². The Morgan fingerprint density at radius 3 is 2.33 bits per heavy atom. The molecule has 0 radical (unpaired) electrons. The summed E-state index contributed by atoms with van der Waals surface area (Å²) in [7, 11) is 1.97. The van der Waals surface area contributed by atoms with Gasteiger partial charge in [-0.05, 0) is 51.4 Å². The lowest BCUT2D eigenvalue weighted by Crippen LogP contribution is -2.19. The number of rotatable bonds is 3. The van der Waals surface area contributed by atoms with Crippen LogP contribution in [0.3, 0.4) is 0 Å². The Balaban J connectivity index is 2.52. The molecule has 0 bridgehead atoms. The maximum atomic E-state index is 5.72. The summed E-state index contributed by atoms with van der Waals surface area (Å²) in [6.07, 6.45) is 3.78. The van der Waals surface area contributed by atoms with Gasteiger partial charge in [0.1, 0.15) is 11.5 Å². The summed E-state index contributed by atoms with van der Waals surface area (Å²) in [6.45, 7) is 8.19. The molecule has 0 amide bonds. The quantitative estimate of drug-likeness (QED) is 0.901. The van der Waals surface area contributed by atoms with Crippen LogP contribution in [-0.2, 0) is 0 Å². The summed E-state index contributed by atoms with van der Waals surface area (Å²) in [4.78, 5) is 4.27. The Bertz CT molecular complexity index is 558. The van der Waals surface area contributed by atoms with Crippen LogP contribution in [0.25, 0.3) is 0 Å². The molecule has 1 unspecified atom stereocenters. The molecule has 3 heteroatoms. The highest BCUT2D eigenvalue weighted by Crippen LogP contribution is 2.31. The van der Waals surface area contributed by atoms with E-state index in [1.54, 1.807) is 0 Å². The van der Waals surface area contributed by atoms with Gasteiger partial charge in [-0.25, -0.2) is 0 Å². The first-order valence-electron chi connectivity index (χ1n) is 6.20. The fraction of sp³-hybridized carbons (Fsp3) is 0.400. The van der Waals surface area contributed by atoms with Crippen molar-refractivity contribution in [2.24, 2.45) is 0 Å². The van der Waals surface area contributed by atoms with Crippen molar-refractivity contribution in [2.45, 2.75) is 33.7 Å². The Morgan fingerprint density at radius 1 is 1.11 bits per heavy atom. The molecular formula is C15H20N2O. The van der Waals surface area contributed by atoms with Gasteiger partial charge in [0, 0.05) is 18.0 Å². The third-order valence-electron chi connectivity index (χ3n) is 3.42. The van der Waals surface area contributed by atoms with Crippen molar-refractivity contribution in [2.75, 3.05) is 7.05 Å².